The van der Waals surface area contributed by atoms with Gasteiger partial charge in [-0.1, -0.05) is 66.7 Å². The number of hydrogen-bond acceptors (Lipinski definition) is 4. The second-order valence-corrected chi connectivity index (χ2v) is 7.11. The van der Waals surface area contributed by atoms with E-state index >= 15 is 0 Å². The van der Waals surface area contributed by atoms with E-state index < -0.39 is 18.1 Å². The van der Waals surface area contributed by atoms with E-state index in [1.54, 1.807) is 0 Å². The van der Waals surface area contributed by atoms with Crippen LogP contribution in [0.5, 0.6) is 0 Å². The number of carbonyl (C=O) groups excluding carboxylic acids is 1. The summed E-state index contributed by atoms with van der Waals surface area (Å²) in [5.74, 6) is -1.21. The summed E-state index contributed by atoms with van der Waals surface area (Å²) in [6.07, 6.45) is -0.751. The third kappa shape index (κ3) is 4.12. The van der Waals surface area contributed by atoms with Crippen LogP contribution in [0.15, 0.2) is 78.9 Å². The molecule has 0 saturated carbocycles. The molecule has 0 unspecified atom stereocenters. The first-order valence-corrected chi connectivity index (χ1v) is 9.76. The number of carbonyl (C=O) groups is 2. The van der Waals surface area contributed by atoms with Crippen molar-refractivity contribution >= 4 is 17.7 Å². The number of fused-ring (bicyclic) bond motifs is 3. The summed E-state index contributed by atoms with van der Waals surface area (Å²) >= 11 is 0. The predicted octanol–water partition coefficient (Wildman–Crippen LogP) is 4.09. The Morgan fingerprint density at radius 2 is 1.43 bits per heavy atom. The van der Waals surface area contributed by atoms with Crippen molar-refractivity contribution < 1.29 is 19.4 Å². The summed E-state index contributed by atoms with van der Waals surface area (Å²) in [4.78, 5) is 23.9. The maximum Gasteiger partial charge on any atom is 0.407 e. The molecule has 1 amide bonds. The lowest BCUT2D eigenvalue weighted by atomic mass is 9.98. The largest absolute Gasteiger partial charge is 0.480 e. The lowest BCUT2D eigenvalue weighted by Gasteiger charge is -2.18. The highest BCUT2D eigenvalue weighted by atomic mass is 16.5. The number of amides is 1. The highest BCUT2D eigenvalue weighted by Gasteiger charge is 2.29. The van der Waals surface area contributed by atoms with E-state index in [4.69, 9.17) is 4.74 Å². The van der Waals surface area contributed by atoms with Crippen molar-refractivity contribution in [2.75, 3.05) is 18.5 Å². The van der Waals surface area contributed by atoms with Crippen LogP contribution in [0.1, 0.15) is 17.0 Å². The van der Waals surface area contributed by atoms with Gasteiger partial charge in [0, 0.05) is 18.2 Å². The molecule has 3 aromatic carbocycles. The number of carboxylic acids is 1. The molecule has 152 valence electrons. The molecule has 0 saturated heterocycles. The molecule has 1 aliphatic carbocycles. The molecule has 6 nitrogen and oxygen atoms in total. The molecule has 0 radical (unpaired) electrons. The molecule has 1 atom stereocenters. The predicted molar refractivity (Wildman–Crippen MR) is 115 cm³/mol. The van der Waals surface area contributed by atoms with Crippen LogP contribution in [0.3, 0.4) is 0 Å². The van der Waals surface area contributed by atoms with Gasteiger partial charge in [0.25, 0.3) is 0 Å². The van der Waals surface area contributed by atoms with Crippen LogP contribution in [0.4, 0.5) is 10.5 Å². The minimum atomic E-state index is -1.13. The van der Waals surface area contributed by atoms with E-state index in [2.05, 4.69) is 22.8 Å². The molecule has 0 aromatic heterocycles. The Balaban J connectivity index is 1.38. The van der Waals surface area contributed by atoms with Crippen LogP contribution in [-0.4, -0.2) is 36.4 Å². The number of alkyl carbamates (subject to hydrolysis) is 1. The van der Waals surface area contributed by atoms with Gasteiger partial charge in [-0.3, -0.25) is 0 Å². The third-order valence-electron chi connectivity index (χ3n) is 5.22. The summed E-state index contributed by atoms with van der Waals surface area (Å²) in [6.45, 7) is 0.182. The number of rotatable bonds is 7. The smallest absolute Gasteiger partial charge is 0.407 e. The summed E-state index contributed by atoms with van der Waals surface area (Å²) < 4.78 is 5.43. The van der Waals surface area contributed by atoms with Crippen molar-refractivity contribution in [2.24, 2.45) is 0 Å². The first-order chi connectivity index (χ1) is 14.6. The number of aliphatic carboxylic acids is 1. The van der Waals surface area contributed by atoms with Crippen LogP contribution in [0.2, 0.25) is 0 Å². The number of hydrogen-bond donors (Lipinski definition) is 3. The van der Waals surface area contributed by atoms with E-state index in [9.17, 15) is 14.7 Å². The number of anilines is 1. The quantitative estimate of drug-likeness (QED) is 0.554. The second-order valence-electron chi connectivity index (χ2n) is 7.11. The molecule has 0 bridgehead atoms. The van der Waals surface area contributed by atoms with Crippen molar-refractivity contribution in [3.8, 4) is 11.1 Å². The Bertz CT molecular complexity index is 1010. The summed E-state index contributed by atoms with van der Waals surface area (Å²) in [5.41, 5.74) is 5.26. The number of carboxylic acid groups (broad SMARTS) is 1. The summed E-state index contributed by atoms with van der Waals surface area (Å²) in [7, 11) is 0. The fourth-order valence-corrected chi connectivity index (χ4v) is 3.76. The van der Waals surface area contributed by atoms with Crippen molar-refractivity contribution in [1.82, 2.24) is 5.32 Å². The zero-order chi connectivity index (χ0) is 20.9. The lowest BCUT2D eigenvalue weighted by Crippen LogP contribution is -2.45. The average molecular weight is 402 g/mol. The zero-order valence-electron chi connectivity index (χ0n) is 16.2. The first-order valence-electron chi connectivity index (χ1n) is 9.76. The minimum absolute atomic E-state index is 0.0452. The Labute approximate surface area is 174 Å². The van der Waals surface area contributed by atoms with Gasteiger partial charge >= 0.3 is 12.1 Å². The first kappa shape index (κ1) is 19.5. The fourth-order valence-electron chi connectivity index (χ4n) is 3.76. The van der Waals surface area contributed by atoms with Crippen molar-refractivity contribution in [1.29, 1.82) is 0 Å². The summed E-state index contributed by atoms with van der Waals surface area (Å²) in [6, 6.07) is 24.2. The van der Waals surface area contributed by atoms with Crippen LogP contribution in [0.25, 0.3) is 11.1 Å². The van der Waals surface area contributed by atoms with Gasteiger partial charge in [0.15, 0.2) is 0 Å². The molecule has 0 spiro atoms. The SMILES string of the molecule is O=C(N[C@@H](CNc1ccccc1)C(=O)O)OCC1c2ccccc2-c2ccccc21. The van der Waals surface area contributed by atoms with E-state index in [-0.39, 0.29) is 19.1 Å². The van der Waals surface area contributed by atoms with Crippen molar-refractivity contribution in [2.45, 2.75) is 12.0 Å². The van der Waals surface area contributed by atoms with Crippen LogP contribution >= 0.6 is 0 Å². The van der Waals surface area contributed by atoms with Gasteiger partial charge in [-0.05, 0) is 34.4 Å². The van der Waals surface area contributed by atoms with Gasteiger partial charge in [0.1, 0.15) is 12.6 Å². The van der Waals surface area contributed by atoms with Crippen LogP contribution < -0.4 is 10.6 Å². The number of benzene rings is 3. The van der Waals surface area contributed by atoms with Gasteiger partial charge in [-0.15, -0.1) is 0 Å². The van der Waals surface area contributed by atoms with Crippen LogP contribution in [0, 0.1) is 0 Å². The molecule has 1 aliphatic rings. The number of para-hydroxylation sites is 1. The normalized spacial score (nSPS) is 13.1. The van der Waals surface area contributed by atoms with Gasteiger partial charge in [-0.25, -0.2) is 9.59 Å². The van der Waals surface area contributed by atoms with Gasteiger partial charge < -0.3 is 20.5 Å². The monoisotopic (exact) mass is 402 g/mol. The van der Waals surface area contributed by atoms with E-state index in [0.717, 1.165) is 27.9 Å². The van der Waals surface area contributed by atoms with Gasteiger partial charge in [0.2, 0.25) is 0 Å². The van der Waals surface area contributed by atoms with E-state index in [1.165, 1.54) is 0 Å². The zero-order valence-corrected chi connectivity index (χ0v) is 16.2. The Morgan fingerprint density at radius 1 is 0.867 bits per heavy atom. The van der Waals surface area contributed by atoms with E-state index in [1.807, 2.05) is 66.7 Å². The van der Waals surface area contributed by atoms with Crippen molar-refractivity contribution in [3.05, 3.63) is 90.0 Å². The van der Waals surface area contributed by atoms with Gasteiger partial charge in [0.05, 0.1) is 0 Å². The molecule has 30 heavy (non-hydrogen) atoms. The standard InChI is InChI=1S/C24H22N2O4/c27-23(28)22(14-25-16-8-2-1-3-9-16)26-24(29)30-15-21-19-12-6-4-10-17(19)18-11-5-7-13-20(18)21/h1-13,21-22,25H,14-15H2,(H,26,29)(H,27,28)/t22-/m0/s1. The Hall–Kier alpha value is -3.80. The molecule has 0 aliphatic heterocycles. The number of ether oxygens (including phenoxy) is 1. The fraction of sp³-hybridized carbons (Fsp3) is 0.167. The highest BCUT2D eigenvalue weighted by Crippen LogP contribution is 2.44. The summed E-state index contributed by atoms with van der Waals surface area (Å²) in [5, 5.41) is 14.9. The second kappa shape index (κ2) is 8.69. The Morgan fingerprint density at radius 3 is 2.03 bits per heavy atom. The topological polar surface area (TPSA) is 87.7 Å². The van der Waals surface area contributed by atoms with Gasteiger partial charge in [-0.2, -0.15) is 0 Å². The lowest BCUT2D eigenvalue weighted by molar-refractivity contribution is -0.138. The molecule has 4 rings (SSSR count). The van der Waals surface area contributed by atoms with E-state index in [0.29, 0.717) is 0 Å². The highest BCUT2D eigenvalue weighted by molar-refractivity contribution is 5.81. The molecule has 0 heterocycles. The Kier molecular flexibility index (Phi) is 5.66. The van der Waals surface area contributed by atoms with Crippen molar-refractivity contribution in [3.63, 3.8) is 0 Å². The molecular formula is C24H22N2O4. The molecule has 3 N–H and O–H groups in total. The average Bonchev–Trinajstić information content (AvgIpc) is 3.09. The number of nitrogens with one attached hydrogen (secondary N) is 2. The molecule has 3 aromatic rings. The molecular weight excluding hydrogens is 380 g/mol. The maximum atomic E-state index is 12.3. The van der Waals surface area contributed by atoms with Crippen LogP contribution in [-0.2, 0) is 9.53 Å². The third-order valence-corrected chi connectivity index (χ3v) is 5.22. The molecule has 6 heteroatoms. The maximum absolute atomic E-state index is 12.3. The minimum Gasteiger partial charge on any atom is -0.480 e. The molecule has 0 fully saturated rings.